The molecule has 2 N–H and O–H groups in total. The first-order valence-electron chi connectivity index (χ1n) is 6.90. The average Bonchev–Trinajstić information content (AvgIpc) is 2.82. The Morgan fingerprint density at radius 2 is 1.81 bits per heavy atom. The molecule has 1 heterocycles. The quantitative estimate of drug-likeness (QED) is 0.792. The molecule has 3 rings (SSSR count). The van der Waals surface area contributed by atoms with Crippen LogP contribution in [0.1, 0.15) is 17.5 Å². The van der Waals surface area contributed by atoms with E-state index in [0.717, 1.165) is 16.1 Å². The van der Waals surface area contributed by atoms with E-state index in [-0.39, 0.29) is 5.82 Å². The van der Waals surface area contributed by atoms with Crippen molar-refractivity contribution in [2.75, 3.05) is 0 Å². The van der Waals surface area contributed by atoms with Gasteiger partial charge in [-0.15, -0.1) is 11.3 Å². The summed E-state index contributed by atoms with van der Waals surface area (Å²) in [5.74, 6) is -0.219. The number of rotatable bonds is 4. The Kier molecular flexibility index (Phi) is 3.74. The van der Waals surface area contributed by atoms with E-state index >= 15 is 0 Å². The summed E-state index contributed by atoms with van der Waals surface area (Å²) in [5.41, 5.74) is 8.08. The zero-order valence-electron chi connectivity index (χ0n) is 11.8. The molecular weight excluding hydrogens is 283 g/mol. The second-order valence-corrected chi connectivity index (χ2v) is 6.82. The van der Waals surface area contributed by atoms with Gasteiger partial charge in [-0.3, -0.25) is 0 Å². The molecule has 1 unspecified atom stereocenters. The number of para-hydroxylation sites is 1. The van der Waals surface area contributed by atoms with Crippen LogP contribution in [0, 0.1) is 5.82 Å². The zero-order valence-corrected chi connectivity index (χ0v) is 12.7. The number of benzene rings is 2. The van der Waals surface area contributed by atoms with Crippen molar-refractivity contribution in [2.24, 2.45) is 5.73 Å². The summed E-state index contributed by atoms with van der Waals surface area (Å²) in [7, 11) is 0. The predicted octanol–water partition coefficient (Wildman–Crippen LogP) is 3.94. The lowest BCUT2D eigenvalue weighted by atomic mass is 9.91. The highest BCUT2D eigenvalue weighted by Crippen LogP contribution is 2.25. The minimum Gasteiger partial charge on any atom is -0.325 e. The molecule has 1 aromatic heterocycles. The fourth-order valence-corrected chi connectivity index (χ4v) is 3.64. The number of nitrogens with two attached hydrogens (primary N) is 1. The normalized spacial score (nSPS) is 14.2. The third-order valence-electron chi connectivity index (χ3n) is 3.41. The molecule has 0 aliphatic rings. The van der Waals surface area contributed by atoms with Crippen LogP contribution in [0.5, 0.6) is 0 Å². The summed E-state index contributed by atoms with van der Waals surface area (Å²) < 4.78 is 14.1. The van der Waals surface area contributed by atoms with Gasteiger partial charge in [0.25, 0.3) is 0 Å². The maximum absolute atomic E-state index is 12.9. The van der Waals surface area contributed by atoms with Crippen molar-refractivity contribution in [3.05, 3.63) is 64.9 Å². The minimum atomic E-state index is -0.397. The van der Waals surface area contributed by atoms with Crippen LogP contribution in [-0.2, 0) is 12.8 Å². The third kappa shape index (κ3) is 3.46. The molecule has 108 valence electrons. The molecule has 0 fully saturated rings. The van der Waals surface area contributed by atoms with Gasteiger partial charge in [-0.1, -0.05) is 24.3 Å². The molecule has 0 amide bonds. The lowest BCUT2D eigenvalue weighted by Crippen LogP contribution is -2.40. The van der Waals surface area contributed by atoms with Crippen molar-refractivity contribution in [1.29, 1.82) is 0 Å². The van der Waals surface area contributed by atoms with Gasteiger partial charge >= 0.3 is 0 Å². The van der Waals surface area contributed by atoms with Gasteiger partial charge in [0.05, 0.1) is 15.2 Å². The third-order valence-corrected chi connectivity index (χ3v) is 4.45. The van der Waals surface area contributed by atoms with Crippen molar-refractivity contribution in [1.82, 2.24) is 4.98 Å². The zero-order chi connectivity index (χ0) is 14.9. The highest BCUT2D eigenvalue weighted by atomic mass is 32.1. The van der Waals surface area contributed by atoms with Gasteiger partial charge in [-0.25, -0.2) is 9.37 Å². The SMILES string of the molecule is CC(N)(Cc1ccc(F)cc1)Cc1nc2ccccc2s1. The summed E-state index contributed by atoms with van der Waals surface area (Å²) >= 11 is 1.69. The van der Waals surface area contributed by atoms with Crippen LogP contribution in [0.15, 0.2) is 48.5 Å². The molecule has 0 saturated carbocycles. The van der Waals surface area contributed by atoms with Crippen LogP contribution < -0.4 is 5.73 Å². The van der Waals surface area contributed by atoms with Crippen LogP contribution in [0.3, 0.4) is 0 Å². The van der Waals surface area contributed by atoms with Gasteiger partial charge in [-0.05, 0) is 43.2 Å². The van der Waals surface area contributed by atoms with Gasteiger partial charge in [0.1, 0.15) is 5.82 Å². The van der Waals surface area contributed by atoms with E-state index in [4.69, 9.17) is 5.73 Å². The van der Waals surface area contributed by atoms with Crippen LogP contribution >= 0.6 is 11.3 Å². The van der Waals surface area contributed by atoms with Crippen molar-refractivity contribution >= 4 is 21.6 Å². The molecular formula is C17H17FN2S. The van der Waals surface area contributed by atoms with E-state index < -0.39 is 5.54 Å². The number of aromatic nitrogens is 1. The Morgan fingerprint density at radius 1 is 1.10 bits per heavy atom. The number of fused-ring (bicyclic) bond motifs is 1. The molecule has 4 heteroatoms. The number of hydrogen-bond donors (Lipinski definition) is 1. The minimum absolute atomic E-state index is 0.219. The smallest absolute Gasteiger partial charge is 0.123 e. The lowest BCUT2D eigenvalue weighted by Gasteiger charge is -2.23. The van der Waals surface area contributed by atoms with E-state index in [9.17, 15) is 4.39 Å². The fraction of sp³-hybridized carbons (Fsp3) is 0.235. The maximum Gasteiger partial charge on any atom is 0.123 e. The topological polar surface area (TPSA) is 38.9 Å². The standard InChI is InChI=1S/C17H17FN2S/c1-17(19,10-12-6-8-13(18)9-7-12)11-16-20-14-4-2-3-5-15(14)21-16/h2-9H,10-11,19H2,1H3. The summed E-state index contributed by atoms with van der Waals surface area (Å²) in [6.45, 7) is 2.02. The first-order chi connectivity index (χ1) is 10.0. The second kappa shape index (κ2) is 5.54. The molecule has 0 saturated heterocycles. The lowest BCUT2D eigenvalue weighted by molar-refractivity contribution is 0.462. The summed E-state index contributed by atoms with van der Waals surface area (Å²) in [5, 5.41) is 1.04. The number of thiazole rings is 1. The van der Waals surface area contributed by atoms with E-state index in [1.807, 2.05) is 25.1 Å². The van der Waals surface area contributed by atoms with Crippen molar-refractivity contribution in [3.63, 3.8) is 0 Å². The van der Waals surface area contributed by atoms with E-state index in [1.54, 1.807) is 23.5 Å². The number of hydrogen-bond acceptors (Lipinski definition) is 3. The van der Waals surface area contributed by atoms with Gasteiger partial charge in [-0.2, -0.15) is 0 Å². The molecule has 0 aliphatic carbocycles. The Balaban J connectivity index is 1.76. The molecule has 2 nitrogen and oxygen atoms in total. The highest BCUT2D eigenvalue weighted by Gasteiger charge is 2.22. The van der Waals surface area contributed by atoms with Gasteiger partial charge in [0.2, 0.25) is 0 Å². The summed E-state index contributed by atoms with van der Waals surface area (Å²) in [6, 6.07) is 14.6. The maximum atomic E-state index is 12.9. The summed E-state index contributed by atoms with van der Waals surface area (Å²) in [4.78, 5) is 4.63. The fourth-order valence-electron chi connectivity index (χ4n) is 2.47. The average molecular weight is 300 g/mol. The van der Waals surface area contributed by atoms with Gasteiger partial charge in [0.15, 0.2) is 0 Å². The molecule has 1 atom stereocenters. The molecule has 0 aliphatic heterocycles. The Hall–Kier alpha value is -1.78. The largest absolute Gasteiger partial charge is 0.325 e. The monoisotopic (exact) mass is 300 g/mol. The van der Waals surface area contributed by atoms with E-state index in [1.165, 1.54) is 16.8 Å². The Morgan fingerprint density at radius 3 is 2.52 bits per heavy atom. The van der Waals surface area contributed by atoms with Gasteiger partial charge < -0.3 is 5.73 Å². The molecule has 2 aromatic carbocycles. The first-order valence-corrected chi connectivity index (χ1v) is 7.71. The number of halogens is 1. The molecule has 21 heavy (non-hydrogen) atoms. The van der Waals surface area contributed by atoms with Gasteiger partial charge in [0, 0.05) is 12.0 Å². The second-order valence-electron chi connectivity index (χ2n) is 5.71. The highest BCUT2D eigenvalue weighted by molar-refractivity contribution is 7.18. The number of nitrogens with zero attached hydrogens (tertiary/aromatic N) is 1. The van der Waals surface area contributed by atoms with Crippen molar-refractivity contribution in [2.45, 2.75) is 25.3 Å². The molecule has 0 spiro atoms. The predicted molar refractivity (Wildman–Crippen MR) is 86.0 cm³/mol. The van der Waals surface area contributed by atoms with Crippen LogP contribution in [0.25, 0.3) is 10.2 Å². The van der Waals surface area contributed by atoms with Crippen LogP contribution in [0.4, 0.5) is 4.39 Å². The molecule has 0 radical (unpaired) electrons. The van der Waals surface area contributed by atoms with E-state index in [0.29, 0.717) is 12.8 Å². The Bertz CT molecular complexity index is 714. The summed E-state index contributed by atoms with van der Waals surface area (Å²) in [6.07, 6.45) is 1.41. The molecule has 3 aromatic rings. The van der Waals surface area contributed by atoms with Crippen LogP contribution in [-0.4, -0.2) is 10.5 Å². The molecule has 0 bridgehead atoms. The van der Waals surface area contributed by atoms with Crippen LogP contribution in [0.2, 0.25) is 0 Å². The first kappa shape index (κ1) is 14.2. The van der Waals surface area contributed by atoms with E-state index in [2.05, 4.69) is 11.1 Å². The van der Waals surface area contributed by atoms with Crippen molar-refractivity contribution in [3.8, 4) is 0 Å². The Labute approximate surface area is 127 Å². The van der Waals surface area contributed by atoms with Crippen molar-refractivity contribution < 1.29 is 4.39 Å².